The molecule has 0 bridgehead atoms. The molecule has 0 amide bonds. The monoisotopic (exact) mass is 300 g/mol. The number of piperidine rings is 1. The van der Waals surface area contributed by atoms with E-state index in [1.807, 2.05) is 25.3 Å². The number of likely N-dealkylation sites (tertiary alicyclic amines) is 1. The van der Waals surface area contributed by atoms with Crippen LogP contribution in [0, 0.1) is 6.92 Å². The number of hydrogen-bond acceptors (Lipinski definition) is 4. The first-order valence-corrected chi connectivity index (χ1v) is 8.03. The maximum atomic E-state index is 12.3. The Kier molecular flexibility index (Phi) is 4.27. The minimum atomic E-state index is -0.0157. The fraction of sp³-hybridized carbons (Fsp3) is 0.529. The molecule has 1 saturated heterocycles. The Morgan fingerprint density at radius 2 is 2.23 bits per heavy atom. The van der Waals surface area contributed by atoms with Crippen molar-refractivity contribution >= 4 is 5.65 Å². The van der Waals surface area contributed by atoms with Gasteiger partial charge in [-0.2, -0.15) is 0 Å². The third-order valence-electron chi connectivity index (χ3n) is 4.50. The SMILES string of the molecule is Cc1ccc2nc(CN3CCCCC3C(C)N)cc(=O)n2c1. The van der Waals surface area contributed by atoms with Crippen molar-refractivity contribution in [1.29, 1.82) is 0 Å². The summed E-state index contributed by atoms with van der Waals surface area (Å²) in [5.41, 5.74) is 8.70. The zero-order valence-corrected chi connectivity index (χ0v) is 13.3. The highest BCUT2D eigenvalue weighted by molar-refractivity contribution is 5.39. The second-order valence-corrected chi connectivity index (χ2v) is 6.41. The predicted octanol–water partition coefficient (Wildman–Crippen LogP) is 1.70. The van der Waals surface area contributed by atoms with Crippen LogP contribution in [0.15, 0.2) is 29.2 Å². The van der Waals surface area contributed by atoms with E-state index >= 15 is 0 Å². The van der Waals surface area contributed by atoms with E-state index in [-0.39, 0.29) is 11.6 Å². The topological polar surface area (TPSA) is 63.6 Å². The third-order valence-corrected chi connectivity index (χ3v) is 4.50. The number of aromatic nitrogens is 2. The van der Waals surface area contributed by atoms with Gasteiger partial charge >= 0.3 is 0 Å². The smallest absolute Gasteiger partial charge is 0.258 e. The van der Waals surface area contributed by atoms with Crippen LogP contribution in [0.3, 0.4) is 0 Å². The van der Waals surface area contributed by atoms with Crippen molar-refractivity contribution in [2.75, 3.05) is 6.54 Å². The van der Waals surface area contributed by atoms with Crippen molar-refractivity contribution in [3.05, 3.63) is 46.0 Å². The molecule has 2 atom stereocenters. The lowest BCUT2D eigenvalue weighted by Crippen LogP contribution is -2.48. The average molecular weight is 300 g/mol. The zero-order chi connectivity index (χ0) is 15.7. The van der Waals surface area contributed by atoms with Gasteiger partial charge in [0.05, 0.1) is 5.69 Å². The molecule has 0 saturated carbocycles. The van der Waals surface area contributed by atoms with Gasteiger partial charge in [0.1, 0.15) is 5.65 Å². The fourth-order valence-electron chi connectivity index (χ4n) is 3.36. The van der Waals surface area contributed by atoms with Crippen LogP contribution < -0.4 is 11.3 Å². The summed E-state index contributed by atoms with van der Waals surface area (Å²) < 4.78 is 1.61. The van der Waals surface area contributed by atoms with Gasteiger partial charge < -0.3 is 5.73 Å². The standard InChI is InChI=1S/C17H24N4O/c1-12-6-7-16-19-14(9-17(22)21(16)10-12)11-20-8-4-3-5-15(20)13(2)18/h6-7,9-10,13,15H,3-5,8,11,18H2,1-2H3. The maximum absolute atomic E-state index is 12.3. The first-order chi connectivity index (χ1) is 10.5. The van der Waals surface area contributed by atoms with Crippen LogP contribution in [-0.2, 0) is 6.54 Å². The molecule has 3 rings (SSSR count). The molecule has 0 radical (unpaired) electrons. The van der Waals surface area contributed by atoms with E-state index < -0.39 is 0 Å². The summed E-state index contributed by atoms with van der Waals surface area (Å²) in [7, 11) is 0. The summed E-state index contributed by atoms with van der Waals surface area (Å²) in [5.74, 6) is 0. The van der Waals surface area contributed by atoms with E-state index in [0.29, 0.717) is 18.2 Å². The molecule has 1 aliphatic heterocycles. The van der Waals surface area contributed by atoms with Crippen LogP contribution in [0.25, 0.3) is 5.65 Å². The molecule has 3 heterocycles. The first-order valence-electron chi connectivity index (χ1n) is 8.03. The zero-order valence-electron chi connectivity index (χ0n) is 13.3. The third kappa shape index (κ3) is 3.05. The molecule has 2 aromatic heterocycles. The van der Waals surface area contributed by atoms with Gasteiger partial charge in [0.25, 0.3) is 5.56 Å². The first kappa shape index (κ1) is 15.2. The van der Waals surface area contributed by atoms with E-state index in [9.17, 15) is 4.79 Å². The maximum Gasteiger partial charge on any atom is 0.258 e. The lowest BCUT2D eigenvalue weighted by atomic mass is 9.97. The summed E-state index contributed by atoms with van der Waals surface area (Å²) in [6.07, 6.45) is 5.38. The van der Waals surface area contributed by atoms with Crippen molar-refractivity contribution in [2.24, 2.45) is 5.73 Å². The van der Waals surface area contributed by atoms with Crippen molar-refractivity contribution in [3.8, 4) is 0 Å². The molecule has 0 aliphatic carbocycles. The fourth-order valence-corrected chi connectivity index (χ4v) is 3.36. The molecule has 1 aliphatic rings. The Bertz CT molecular complexity index is 722. The van der Waals surface area contributed by atoms with Gasteiger partial charge in [-0.15, -0.1) is 0 Å². The minimum Gasteiger partial charge on any atom is -0.327 e. The molecule has 5 heteroatoms. The van der Waals surface area contributed by atoms with Crippen molar-refractivity contribution in [1.82, 2.24) is 14.3 Å². The predicted molar refractivity (Wildman–Crippen MR) is 87.9 cm³/mol. The lowest BCUT2D eigenvalue weighted by molar-refractivity contribution is 0.121. The van der Waals surface area contributed by atoms with E-state index in [1.54, 1.807) is 10.5 Å². The second-order valence-electron chi connectivity index (χ2n) is 6.41. The summed E-state index contributed by atoms with van der Waals surface area (Å²) in [4.78, 5) is 19.3. The second kappa shape index (κ2) is 6.18. The van der Waals surface area contributed by atoms with Crippen LogP contribution in [0.4, 0.5) is 0 Å². The number of rotatable bonds is 3. The molecule has 0 spiro atoms. The van der Waals surface area contributed by atoms with Gasteiger partial charge in [-0.25, -0.2) is 4.98 Å². The van der Waals surface area contributed by atoms with E-state index in [4.69, 9.17) is 5.73 Å². The Morgan fingerprint density at radius 3 is 3.00 bits per heavy atom. The number of fused-ring (bicyclic) bond motifs is 1. The van der Waals surface area contributed by atoms with Gasteiger partial charge in [0, 0.05) is 30.9 Å². The van der Waals surface area contributed by atoms with Crippen LogP contribution in [0.2, 0.25) is 0 Å². The van der Waals surface area contributed by atoms with Gasteiger partial charge in [0.2, 0.25) is 0 Å². The molecule has 2 aromatic rings. The largest absolute Gasteiger partial charge is 0.327 e. The Hall–Kier alpha value is -1.72. The number of hydrogen-bond donors (Lipinski definition) is 1. The summed E-state index contributed by atoms with van der Waals surface area (Å²) in [6, 6.07) is 6.06. The molecule has 1 fully saturated rings. The quantitative estimate of drug-likeness (QED) is 0.937. The Labute approximate surface area is 130 Å². The van der Waals surface area contributed by atoms with E-state index in [0.717, 1.165) is 24.2 Å². The summed E-state index contributed by atoms with van der Waals surface area (Å²) >= 11 is 0. The molecule has 2 N–H and O–H groups in total. The molecule has 22 heavy (non-hydrogen) atoms. The highest BCUT2D eigenvalue weighted by atomic mass is 16.1. The van der Waals surface area contributed by atoms with Gasteiger partial charge in [-0.3, -0.25) is 14.1 Å². The Morgan fingerprint density at radius 1 is 1.41 bits per heavy atom. The van der Waals surface area contributed by atoms with E-state index in [2.05, 4.69) is 16.8 Å². The minimum absolute atomic E-state index is 0.0157. The Balaban J connectivity index is 1.90. The average Bonchev–Trinajstić information content (AvgIpc) is 2.48. The normalized spacial score (nSPS) is 21.1. The number of pyridine rings is 1. The van der Waals surface area contributed by atoms with Gasteiger partial charge in [-0.05, 0) is 44.9 Å². The van der Waals surface area contributed by atoms with Crippen LogP contribution in [0.1, 0.15) is 37.4 Å². The summed E-state index contributed by atoms with van der Waals surface area (Å²) in [5, 5.41) is 0. The molecule has 118 valence electrons. The van der Waals surface area contributed by atoms with E-state index in [1.165, 1.54) is 12.8 Å². The highest BCUT2D eigenvalue weighted by Gasteiger charge is 2.25. The van der Waals surface area contributed by atoms with Crippen LogP contribution in [-0.4, -0.2) is 32.9 Å². The van der Waals surface area contributed by atoms with Gasteiger partial charge in [0.15, 0.2) is 0 Å². The van der Waals surface area contributed by atoms with Crippen molar-refractivity contribution < 1.29 is 0 Å². The number of aryl methyl sites for hydroxylation is 1. The highest BCUT2D eigenvalue weighted by Crippen LogP contribution is 2.20. The molecule has 0 aromatic carbocycles. The molecular formula is C17H24N4O. The number of nitrogens with zero attached hydrogens (tertiary/aromatic N) is 3. The lowest BCUT2D eigenvalue weighted by Gasteiger charge is -2.37. The molecule has 2 unspecified atom stereocenters. The van der Waals surface area contributed by atoms with Crippen molar-refractivity contribution in [3.63, 3.8) is 0 Å². The van der Waals surface area contributed by atoms with Crippen LogP contribution >= 0.6 is 0 Å². The van der Waals surface area contributed by atoms with Crippen LogP contribution in [0.5, 0.6) is 0 Å². The number of nitrogens with two attached hydrogens (primary N) is 1. The van der Waals surface area contributed by atoms with Crippen molar-refractivity contribution in [2.45, 2.75) is 51.7 Å². The van der Waals surface area contributed by atoms with Gasteiger partial charge in [-0.1, -0.05) is 12.5 Å². The molecule has 5 nitrogen and oxygen atoms in total. The summed E-state index contributed by atoms with van der Waals surface area (Å²) in [6.45, 7) is 5.77. The molecular weight excluding hydrogens is 276 g/mol.